The first-order chi connectivity index (χ1) is 15.7. The van der Waals surface area contributed by atoms with E-state index in [4.69, 9.17) is 28.3 Å². The molecule has 1 unspecified atom stereocenters. The fourth-order valence-corrected chi connectivity index (χ4v) is 4.41. The van der Waals surface area contributed by atoms with Gasteiger partial charge in [0.05, 0.1) is 35.5 Å². The molecule has 1 atom stereocenters. The summed E-state index contributed by atoms with van der Waals surface area (Å²) in [7, 11) is 0. The van der Waals surface area contributed by atoms with E-state index in [1.807, 2.05) is 25.3 Å². The summed E-state index contributed by atoms with van der Waals surface area (Å²) in [5.74, 6) is -0.267. The molecule has 0 aliphatic carbocycles. The van der Waals surface area contributed by atoms with Gasteiger partial charge in [0, 0.05) is 40.6 Å². The second-order valence-corrected chi connectivity index (χ2v) is 9.40. The van der Waals surface area contributed by atoms with Crippen molar-refractivity contribution in [1.82, 2.24) is 24.4 Å². The maximum Gasteiger partial charge on any atom is 0.175 e. The van der Waals surface area contributed by atoms with Crippen molar-refractivity contribution in [2.45, 2.75) is 51.1 Å². The van der Waals surface area contributed by atoms with Crippen LogP contribution in [0, 0.1) is 0 Å². The van der Waals surface area contributed by atoms with Crippen LogP contribution in [0.4, 0.5) is 0 Å². The first-order valence-corrected chi connectivity index (χ1v) is 11.6. The number of ketones is 1. The summed E-state index contributed by atoms with van der Waals surface area (Å²) >= 11 is 12.4. The van der Waals surface area contributed by atoms with Gasteiger partial charge in [0.15, 0.2) is 11.4 Å². The normalized spacial score (nSPS) is 12.9. The Kier molecular flexibility index (Phi) is 6.56. The van der Waals surface area contributed by atoms with E-state index in [1.165, 1.54) is 0 Å². The van der Waals surface area contributed by atoms with Crippen molar-refractivity contribution < 1.29 is 9.90 Å². The number of carbonyl (C=O) groups is 1. The third kappa shape index (κ3) is 4.95. The average Bonchev–Trinajstić information content (AvgIpc) is 3.37. The van der Waals surface area contributed by atoms with Crippen LogP contribution in [-0.4, -0.2) is 40.9 Å². The number of Topliss-reactive ketones (excluding diaryl/α,β-unsaturated/α-hetero) is 1. The lowest BCUT2D eigenvalue weighted by atomic mass is 9.88. The SMILES string of the molecule is CCC(C(=O)c1cnn2cccnc12)c1cn(CC(C)(C)O)nc1-c1cc(Cl)cc(CCl)c1. The molecule has 4 aromatic rings. The van der Waals surface area contributed by atoms with Gasteiger partial charge in [-0.15, -0.1) is 11.6 Å². The minimum atomic E-state index is -0.978. The highest BCUT2D eigenvalue weighted by Gasteiger charge is 2.29. The highest BCUT2D eigenvalue weighted by atomic mass is 35.5. The van der Waals surface area contributed by atoms with Crippen molar-refractivity contribution in [3.63, 3.8) is 0 Å². The molecule has 0 saturated carbocycles. The average molecular weight is 486 g/mol. The predicted octanol–water partition coefficient (Wildman–Crippen LogP) is 5.13. The first-order valence-electron chi connectivity index (χ1n) is 10.7. The molecule has 0 radical (unpaired) electrons. The van der Waals surface area contributed by atoms with E-state index in [-0.39, 0.29) is 12.3 Å². The Hall–Kier alpha value is -2.74. The lowest BCUT2D eigenvalue weighted by molar-refractivity contribution is 0.0578. The van der Waals surface area contributed by atoms with Crippen LogP contribution in [0.2, 0.25) is 5.02 Å². The summed E-state index contributed by atoms with van der Waals surface area (Å²) in [6.45, 7) is 5.66. The molecule has 0 spiro atoms. The predicted molar refractivity (Wildman–Crippen MR) is 129 cm³/mol. The van der Waals surface area contributed by atoms with Crippen molar-refractivity contribution in [3.8, 4) is 11.3 Å². The van der Waals surface area contributed by atoms with Gasteiger partial charge in [0.1, 0.15) is 0 Å². The Balaban J connectivity index is 1.85. The van der Waals surface area contributed by atoms with Gasteiger partial charge in [-0.25, -0.2) is 9.50 Å². The minimum absolute atomic E-state index is 0.0881. The molecule has 33 heavy (non-hydrogen) atoms. The zero-order valence-corrected chi connectivity index (χ0v) is 20.2. The maximum atomic E-state index is 13.7. The zero-order chi connectivity index (χ0) is 23.8. The number of halogens is 2. The number of carbonyl (C=O) groups excluding carboxylic acids is 1. The van der Waals surface area contributed by atoms with Crippen molar-refractivity contribution in [2.75, 3.05) is 0 Å². The molecule has 9 heteroatoms. The standard InChI is InChI=1S/C24H25Cl2N5O2/c1-4-18(22(32)19-12-28-31-7-5-6-27-23(19)31)20-13-30(14-24(2,3)33)29-21(20)16-8-15(11-25)9-17(26)10-16/h5-10,12-13,18,33H,4,11,14H2,1-3H3. The molecule has 0 bridgehead atoms. The Morgan fingerprint density at radius 2 is 2.06 bits per heavy atom. The molecule has 4 rings (SSSR count). The number of aromatic nitrogens is 5. The number of fused-ring (bicyclic) bond motifs is 1. The summed E-state index contributed by atoms with van der Waals surface area (Å²) < 4.78 is 3.26. The van der Waals surface area contributed by atoms with Gasteiger partial charge < -0.3 is 5.11 Å². The Labute approximate surface area is 202 Å². The highest BCUT2D eigenvalue weighted by molar-refractivity contribution is 6.31. The van der Waals surface area contributed by atoms with E-state index < -0.39 is 11.5 Å². The van der Waals surface area contributed by atoms with Gasteiger partial charge in [-0.2, -0.15) is 10.2 Å². The van der Waals surface area contributed by atoms with Crippen LogP contribution >= 0.6 is 23.2 Å². The maximum absolute atomic E-state index is 13.7. The number of alkyl halides is 1. The number of rotatable bonds is 8. The van der Waals surface area contributed by atoms with Gasteiger partial charge in [0.25, 0.3) is 0 Å². The summed E-state index contributed by atoms with van der Waals surface area (Å²) in [6, 6.07) is 7.30. The van der Waals surface area contributed by atoms with E-state index in [1.54, 1.807) is 53.8 Å². The van der Waals surface area contributed by atoms with Crippen molar-refractivity contribution in [2.24, 2.45) is 0 Å². The van der Waals surface area contributed by atoms with Gasteiger partial charge in [-0.1, -0.05) is 18.5 Å². The minimum Gasteiger partial charge on any atom is -0.389 e. The van der Waals surface area contributed by atoms with E-state index in [2.05, 4.69) is 10.1 Å². The lowest BCUT2D eigenvalue weighted by Gasteiger charge is -2.16. The molecule has 7 nitrogen and oxygen atoms in total. The monoisotopic (exact) mass is 485 g/mol. The van der Waals surface area contributed by atoms with Crippen LogP contribution in [0.5, 0.6) is 0 Å². The van der Waals surface area contributed by atoms with Crippen LogP contribution in [0.25, 0.3) is 16.9 Å². The number of aliphatic hydroxyl groups is 1. The van der Waals surface area contributed by atoms with E-state index in [0.29, 0.717) is 34.2 Å². The molecule has 3 heterocycles. The molecule has 0 aliphatic rings. The summed E-state index contributed by atoms with van der Waals surface area (Å²) in [6.07, 6.45) is 7.33. The molecule has 0 aliphatic heterocycles. The topological polar surface area (TPSA) is 85.3 Å². The van der Waals surface area contributed by atoms with Crippen molar-refractivity contribution >= 4 is 34.6 Å². The molecule has 172 valence electrons. The molecule has 0 saturated heterocycles. The number of nitrogens with zero attached hydrogens (tertiary/aromatic N) is 5. The molecule has 1 N–H and O–H groups in total. The van der Waals surface area contributed by atoms with Crippen LogP contribution < -0.4 is 0 Å². The Morgan fingerprint density at radius 3 is 2.76 bits per heavy atom. The third-order valence-electron chi connectivity index (χ3n) is 5.37. The van der Waals surface area contributed by atoms with Gasteiger partial charge in [-0.05, 0) is 50.1 Å². The van der Waals surface area contributed by atoms with Crippen molar-refractivity contribution in [3.05, 3.63) is 70.8 Å². The Morgan fingerprint density at radius 1 is 1.27 bits per heavy atom. The van der Waals surface area contributed by atoms with Crippen LogP contribution in [-0.2, 0) is 12.4 Å². The fraction of sp³-hybridized carbons (Fsp3) is 0.333. The molecule has 1 aromatic carbocycles. The number of benzene rings is 1. The quantitative estimate of drug-likeness (QED) is 0.276. The number of hydrogen-bond acceptors (Lipinski definition) is 5. The number of hydrogen-bond donors (Lipinski definition) is 1. The van der Waals surface area contributed by atoms with Crippen molar-refractivity contribution in [1.29, 1.82) is 0 Å². The summed E-state index contributed by atoms with van der Waals surface area (Å²) in [5, 5.41) is 19.9. The largest absolute Gasteiger partial charge is 0.389 e. The second kappa shape index (κ2) is 9.25. The van der Waals surface area contributed by atoms with Crippen LogP contribution in [0.1, 0.15) is 54.6 Å². The Bertz CT molecular complexity index is 1310. The molecule has 0 amide bonds. The highest BCUT2D eigenvalue weighted by Crippen LogP contribution is 2.35. The van der Waals surface area contributed by atoms with Gasteiger partial charge in [-0.3, -0.25) is 9.48 Å². The van der Waals surface area contributed by atoms with Crippen LogP contribution in [0.3, 0.4) is 0 Å². The molecular weight excluding hydrogens is 461 g/mol. The summed E-state index contributed by atoms with van der Waals surface area (Å²) in [4.78, 5) is 18.0. The third-order valence-corrected chi connectivity index (χ3v) is 5.90. The lowest BCUT2D eigenvalue weighted by Crippen LogP contribution is -2.26. The molecule has 3 aromatic heterocycles. The van der Waals surface area contributed by atoms with E-state index in [9.17, 15) is 9.90 Å². The first kappa shape index (κ1) is 23.4. The van der Waals surface area contributed by atoms with E-state index in [0.717, 1.165) is 16.7 Å². The van der Waals surface area contributed by atoms with Gasteiger partial charge >= 0.3 is 0 Å². The fourth-order valence-electron chi connectivity index (χ4n) is 3.99. The molecule has 0 fully saturated rings. The summed E-state index contributed by atoms with van der Waals surface area (Å²) in [5.41, 5.74) is 3.01. The smallest absolute Gasteiger partial charge is 0.175 e. The zero-order valence-electron chi connectivity index (χ0n) is 18.7. The molecular formula is C24H25Cl2N5O2. The van der Waals surface area contributed by atoms with Crippen LogP contribution in [0.15, 0.2) is 49.1 Å². The second-order valence-electron chi connectivity index (χ2n) is 8.70. The van der Waals surface area contributed by atoms with Gasteiger partial charge in [0.2, 0.25) is 0 Å². The van der Waals surface area contributed by atoms with E-state index >= 15 is 0 Å².